The number of nitrogens with zero attached hydrogens (tertiary/aromatic N) is 3. The average molecular weight is 738 g/mol. The Morgan fingerprint density at radius 1 is 0.943 bits per heavy atom. The van der Waals surface area contributed by atoms with Gasteiger partial charge in [0.15, 0.2) is 0 Å². The van der Waals surface area contributed by atoms with E-state index in [0.717, 1.165) is 85.7 Å². The predicted octanol–water partition coefficient (Wildman–Crippen LogP) is 9.17. The predicted molar refractivity (Wildman–Crippen MR) is 216 cm³/mol. The van der Waals surface area contributed by atoms with E-state index in [2.05, 4.69) is 91.1 Å². The van der Waals surface area contributed by atoms with E-state index < -0.39 is 10.8 Å². The molecule has 282 valence electrons. The molecule has 9 heteroatoms. The summed E-state index contributed by atoms with van der Waals surface area (Å²) in [5, 5.41) is 3.10. The molecule has 0 spiro atoms. The Bertz CT molecular complexity index is 1820. The minimum atomic E-state index is -1.24. The number of quaternary nitrogens is 1. The number of hydrogen-bond donors (Lipinski definition) is 1. The van der Waals surface area contributed by atoms with Crippen LogP contribution in [0.5, 0.6) is 5.75 Å². The fraction of sp³-hybridized carbons (Fsp3) is 0.409. The number of benzene rings is 3. The molecule has 2 unspecified atom stereocenters. The molecule has 1 aromatic heterocycles. The van der Waals surface area contributed by atoms with Crippen LogP contribution < -0.4 is 10.1 Å². The van der Waals surface area contributed by atoms with Gasteiger partial charge in [-0.2, -0.15) is 0 Å². The largest absolute Gasteiger partial charge is 0.491 e. The van der Waals surface area contributed by atoms with E-state index in [-0.39, 0.29) is 5.91 Å². The zero-order chi connectivity index (χ0) is 37.5. The van der Waals surface area contributed by atoms with Crippen LogP contribution in [0.3, 0.4) is 0 Å². The first kappa shape index (κ1) is 39.9. The fourth-order valence-electron chi connectivity index (χ4n) is 7.04. The summed E-state index contributed by atoms with van der Waals surface area (Å²) in [6, 6.07) is 26.4. The lowest BCUT2D eigenvalue weighted by molar-refractivity contribution is -0.876. The van der Waals surface area contributed by atoms with Crippen LogP contribution >= 0.6 is 0 Å². The molecule has 2 heterocycles. The first-order chi connectivity index (χ1) is 25.8. The van der Waals surface area contributed by atoms with Gasteiger partial charge in [0.1, 0.15) is 30.4 Å². The van der Waals surface area contributed by atoms with Crippen LogP contribution in [0.2, 0.25) is 0 Å². The first-order valence-electron chi connectivity index (χ1n) is 19.2. The van der Waals surface area contributed by atoms with Gasteiger partial charge in [0.05, 0.1) is 36.2 Å². The summed E-state index contributed by atoms with van der Waals surface area (Å²) >= 11 is 0. The lowest BCUT2D eigenvalue weighted by Crippen LogP contribution is -2.49. The van der Waals surface area contributed by atoms with Gasteiger partial charge in [0.2, 0.25) is 0 Å². The molecule has 0 saturated heterocycles. The number of hydrogen-bond acceptors (Lipinski definition) is 5. The van der Waals surface area contributed by atoms with Crippen molar-refractivity contribution in [2.24, 2.45) is 5.92 Å². The maximum Gasteiger partial charge on any atom is 0.251 e. The molecule has 1 aliphatic heterocycles. The van der Waals surface area contributed by atoms with Crippen LogP contribution in [0.1, 0.15) is 76.8 Å². The molecule has 1 aliphatic rings. The van der Waals surface area contributed by atoms with Gasteiger partial charge in [-0.05, 0) is 73.9 Å². The summed E-state index contributed by atoms with van der Waals surface area (Å²) in [4.78, 5) is 18.9. The zero-order valence-corrected chi connectivity index (χ0v) is 32.8. The van der Waals surface area contributed by atoms with Crippen molar-refractivity contribution in [2.75, 3.05) is 38.2 Å². The van der Waals surface area contributed by atoms with Crippen LogP contribution in [-0.2, 0) is 39.2 Å². The average Bonchev–Trinajstić information content (AvgIpc) is 3.58. The number of unbranched alkanes of at least 4 members (excludes halogenated alkanes) is 1. The maximum absolute atomic E-state index is 13.8. The Kier molecular flexibility index (Phi) is 15.2. The Morgan fingerprint density at radius 2 is 1.72 bits per heavy atom. The van der Waals surface area contributed by atoms with E-state index in [1.54, 1.807) is 6.20 Å². The molecule has 0 aliphatic carbocycles. The van der Waals surface area contributed by atoms with Crippen molar-refractivity contribution in [2.45, 2.75) is 83.5 Å². The summed E-state index contributed by atoms with van der Waals surface area (Å²) < 4.78 is 27.7. The van der Waals surface area contributed by atoms with Crippen LogP contribution in [0.25, 0.3) is 5.70 Å². The molecule has 0 bridgehead atoms. The van der Waals surface area contributed by atoms with Crippen molar-refractivity contribution < 1.29 is 23.0 Å². The monoisotopic (exact) mass is 737 g/mol. The van der Waals surface area contributed by atoms with Gasteiger partial charge in [-0.3, -0.25) is 13.5 Å². The van der Waals surface area contributed by atoms with E-state index in [9.17, 15) is 9.00 Å². The molecule has 0 fully saturated rings. The third-order valence-electron chi connectivity index (χ3n) is 9.51. The highest BCUT2D eigenvalue weighted by molar-refractivity contribution is 7.84. The standard InChI is InChI=1S/C44H56N4O4S/c1-5-7-29-51-30-31-52-40-20-15-37(16-21-40)42-24-17-38(14-11-28-48(42,32-35(3)4)33-36-12-9-8-10-13-36)44(49)46-39-18-22-41(23-19-39)53(50)34-43-45-25-27-47(43)26-6-2/h8-10,12-13,15-25,27,35H,5-7,11,14,26,28-34H2,1-4H3/p+1. The van der Waals surface area contributed by atoms with Gasteiger partial charge in [-0.15, -0.1) is 0 Å². The van der Waals surface area contributed by atoms with Crippen LogP contribution in [-0.4, -0.2) is 57.1 Å². The second kappa shape index (κ2) is 20.2. The summed E-state index contributed by atoms with van der Waals surface area (Å²) in [5.74, 6) is 2.33. The van der Waals surface area contributed by atoms with Gasteiger partial charge in [0, 0.05) is 71.2 Å². The molecule has 2 atom stereocenters. The van der Waals surface area contributed by atoms with Gasteiger partial charge in [-0.1, -0.05) is 64.4 Å². The number of carbonyl (C=O) groups is 1. The number of amides is 1. The lowest BCUT2D eigenvalue weighted by atomic mass is 9.97. The highest BCUT2D eigenvalue weighted by Gasteiger charge is 2.36. The fourth-order valence-corrected chi connectivity index (χ4v) is 8.12. The Labute approximate surface area is 319 Å². The normalized spacial score (nSPS) is 16.7. The number of ether oxygens (including phenoxy) is 2. The highest BCUT2D eigenvalue weighted by atomic mass is 32.2. The molecule has 3 aromatic carbocycles. The molecule has 4 aromatic rings. The number of rotatable bonds is 19. The Balaban J connectivity index is 1.36. The number of allylic oxidation sites excluding steroid dienone is 2. The number of aryl methyl sites for hydroxylation is 1. The van der Waals surface area contributed by atoms with E-state index in [0.29, 0.717) is 41.9 Å². The third-order valence-corrected chi connectivity index (χ3v) is 10.8. The molecule has 0 radical (unpaired) electrons. The van der Waals surface area contributed by atoms with Crippen molar-refractivity contribution >= 4 is 28.1 Å². The minimum Gasteiger partial charge on any atom is -0.491 e. The molecule has 5 rings (SSSR count). The van der Waals surface area contributed by atoms with Crippen molar-refractivity contribution in [3.63, 3.8) is 0 Å². The summed E-state index contributed by atoms with van der Waals surface area (Å²) in [6.45, 7) is 14.3. The first-order valence-corrected chi connectivity index (χ1v) is 20.5. The molecular weight excluding hydrogens is 681 g/mol. The summed E-state index contributed by atoms with van der Waals surface area (Å²) in [6.07, 6.45) is 12.6. The highest BCUT2D eigenvalue weighted by Crippen LogP contribution is 2.36. The van der Waals surface area contributed by atoms with Crippen molar-refractivity contribution in [3.05, 3.63) is 126 Å². The van der Waals surface area contributed by atoms with E-state index in [1.807, 2.05) is 48.7 Å². The van der Waals surface area contributed by atoms with Gasteiger partial charge in [-0.25, -0.2) is 4.98 Å². The van der Waals surface area contributed by atoms with Crippen LogP contribution in [0, 0.1) is 5.92 Å². The van der Waals surface area contributed by atoms with Gasteiger partial charge in [0.25, 0.3) is 5.91 Å². The molecule has 1 N–H and O–H groups in total. The number of nitrogens with one attached hydrogen (secondary N) is 1. The zero-order valence-electron chi connectivity index (χ0n) is 32.0. The number of anilines is 1. The maximum atomic E-state index is 13.8. The van der Waals surface area contributed by atoms with Crippen LogP contribution in [0.15, 0.2) is 114 Å². The topological polar surface area (TPSA) is 82.4 Å². The SMILES string of the molecule is CCCCOCCOc1ccc(C2=CC=C(C(=O)Nc3ccc(S(=O)Cc4nccn4CCC)cc3)CCC[N+]2(Cc2ccccc2)CC(C)C)cc1. The quantitative estimate of drug-likeness (QED) is 0.0767. The molecular formula is C44H57N4O4S+. The second-order valence-electron chi connectivity index (χ2n) is 14.3. The Hall–Kier alpha value is -4.31. The lowest BCUT2D eigenvalue weighted by Gasteiger charge is -2.42. The Morgan fingerprint density at radius 3 is 2.43 bits per heavy atom. The summed E-state index contributed by atoms with van der Waals surface area (Å²) in [7, 11) is -1.24. The number of carbonyl (C=O) groups excluding carboxylic acids is 1. The third kappa shape index (κ3) is 11.6. The van der Waals surface area contributed by atoms with Crippen molar-refractivity contribution in [1.29, 1.82) is 0 Å². The summed E-state index contributed by atoms with van der Waals surface area (Å²) in [5.41, 5.74) is 5.01. The van der Waals surface area contributed by atoms with Gasteiger partial charge < -0.3 is 19.4 Å². The molecule has 1 amide bonds. The minimum absolute atomic E-state index is 0.118. The van der Waals surface area contributed by atoms with Crippen LogP contribution in [0.4, 0.5) is 5.69 Å². The van der Waals surface area contributed by atoms with E-state index in [1.165, 1.54) is 11.3 Å². The number of aromatic nitrogens is 2. The number of imidazole rings is 1. The van der Waals surface area contributed by atoms with Gasteiger partial charge >= 0.3 is 0 Å². The van der Waals surface area contributed by atoms with E-state index >= 15 is 0 Å². The van der Waals surface area contributed by atoms with E-state index in [4.69, 9.17) is 9.47 Å². The smallest absolute Gasteiger partial charge is 0.251 e. The molecule has 53 heavy (non-hydrogen) atoms. The van der Waals surface area contributed by atoms with Crippen molar-refractivity contribution in [3.8, 4) is 5.75 Å². The molecule has 0 saturated carbocycles. The van der Waals surface area contributed by atoms with Crippen molar-refractivity contribution in [1.82, 2.24) is 9.55 Å². The second-order valence-corrected chi connectivity index (χ2v) is 15.7. The molecule has 8 nitrogen and oxygen atoms in total.